The summed E-state index contributed by atoms with van der Waals surface area (Å²) in [4.78, 5) is 0. The van der Waals surface area contributed by atoms with E-state index in [2.05, 4.69) is 20.8 Å². The second kappa shape index (κ2) is 8.03. The standard InChI is InChI=1S/C13H31N3O/c1-4-12(5-2,7-14)10-17-11-13(6-3,8-15)9-16/h4-11,14-16H2,1-3H3. The minimum absolute atomic E-state index is 0.0676. The van der Waals surface area contributed by atoms with Crippen LogP contribution in [-0.2, 0) is 4.74 Å². The third kappa shape index (κ3) is 4.54. The fourth-order valence-corrected chi connectivity index (χ4v) is 1.88. The molecule has 0 amide bonds. The zero-order valence-electron chi connectivity index (χ0n) is 11.8. The molecule has 0 bridgehead atoms. The van der Waals surface area contributed by atoms with Crippen LogP contribution >= 0.6 is 0 Å². The Balaban J connectivity index is 4.28. The van der Waals surface area contributed by atoms with Gasteiger partial charge < -0.3 is 21.9 Å². The zero-order chi connectivity index (χ0) is 13.4. The third-order valence-electron chi connectivity index (χ3n) is 4.37. The first-order chi connectivity index (χ1) is 8.07. The monoisotopic (exact) mass is 245 g/mol. The summed E-state index contributed by atoms with van der Waals surface area (Å²) in [6, 6.07) is 0. The van der Waals surface area contributed by atoms with E-state index in [1.165, 1.54) is 0 Å². The molecule has 0 aliphatic carbocycles. The highest BCUT2D eigenvalue weighted by Gasteiger charge is 2.29. The van der Waals surface area contributed by atoms with Gasteiger partial charge in [0, 0.05) is 30.5 Å². The minimum Gasteiger partial charge on any atom is -0.380 e. The molecule has 0 aromatic rings. The van der Waals surface area contributed by atoms with Crippen LogP contribution in [0, 0.1) is 10.8 Å². The van der Waals surface area contributed by atoms with Gasteiger partial charge in [0.05, 0.1) is 13.2 Å². The van der Waals surface area contributed by atoms with Gasteiger partial charge >= 0.3 is 0 Å². The van der Waals surface area contributed by atoms with E-state index >= 15 is 0 Å². The van der Waals surface area contributed by atoms with Crippen molar-refractivity contribution in [1.29, 1.82) is 0 Å². The van der Waals surface area contributed by atoms with Gasteiger partial charge in [-0.2, -0.15) is 0 Å². The van der Waals surface area contributed by atoms with E-state index in [0.717, 1.165) is 19.3 Å². The van der Waals surface area contributed by atoms with Gasteiger partial charge in [0.2, 0.25) is 0 Å². The highest BCUT2D eigenvalue weighted by molar-refractivity contribution is 4.82. The Bertz CT molecular complexity index is 153. The summed E-state index contributed by atoms with van der Waals surface area (Å²) >= 11 is 0. The van der Waals surface area contributed by atoms with E-state index in [9.17, 15) is 0 Å². The van der Waals surface area contributed by atoms with Crippen LogP contribution in [0.4, 0.5) is 0 Å². The molecule has 0 atom stereocenters. The maximum absolute atomic E-state index is 5.87. The van der Waals surface area contributed by atoms with Crippen molar-refractivity contribution in [3.05, 3.63) is 0 Å². The normalized spacial score (nSPS) is 13.1. The molecule has 0 rings (SSSR count). The first-order valence-corrected chi connectivity index (χ1v) is 6.75. The van der Waals surface area contributed by atoms with Crippen molar-refractivity contribution in [2.24, 2.45) is 28.0 Å². The molecule has 0 heterocycles. The average Bonchev–Trinajstić information content (AvgIpc) is 2.41. The first kappa shape index (κ1) is 16.8. The van der Waals surface area contributed by atoms with E-state index in [4.69, 9.17) is 21.9 Å². The Hall–Kier alpha value is -0.160. The van der Waals surface area contributed by atoms with Crippen molar-refractivity contribution in [2.45, 2.75) is 40.0 Å². The highest BCUT2D eigenvalue weighted by Crippen LogP contribution is 2.27. The van der Waals surface area contributed by atoms with Gasteiger partial charge in [0.15, 0.2) is 0 Å². The lowest BCUT2D eigenvalue weighted by Gasteiger charge is -2.34. The van der Waals surface area contributed by atoms with Crippen LogP contribution in [0.15, 0.2) is 0 Å². The topological polar surface area (TPSA) is 87.3 Å². The van der Waals surface area contributed by atoms with Crippen LogP contribution in [-0.4, -0.2) is 32.8 Å². The van der Waals surface area contributed by atoms with Crippen LogP contribution in [0.2, 0.25) is 0 Å². The Morgan fingerprint density at radius 1 is 0.706 bits per heavy atom. The summed E-state index contributed by atoms with van der Waals surface area (Å²) in [6.07, 6.45) is 3.04. The van der Waals surface area contributed by atoms with E-state index < -0.39 is 0 Å². The Labute approximate surface area is 106 Å². The fourth-order valence-electron chi connectivity index (χ4n) is 1.88. The molecule has 0 aliphatic rings. The van der Waals surface area contributed by atoms with Crippen molar-refractivity contribution >= 4 is 0 Å². The molecule has 0 radical (unpaired) electrons. The molecule has 0 saturated heterocycles. The van der Waals surface area contributed by atoms with E-state index in [0.29, 0.717) is 32.8 Å². The quantitative estimate of drug-likeness (QED) is 0.537. The summed E-state index contributed by atoms with van der Waals surface area (Å²) in [7, 11) is 0. The van der Waals surface area contributed by atoms with Crippen LogP contribution in [0.5, 0.6) is 0 Å². The lowest BCUT2D eigenvalue weighted by Crippen LogP contribution is -2.43. The number of hydrogen-bond acceptors (Lipinski definition) is 4. The maximum Gasteiger partial charge on any atom is 0.0546 e. The molecular weight excluding hydrogens is 214 g/mol. The second-order valence-corrected chi connectivity index (χ2v) is 5.17. The van der Waals surface area contributed by atoms with Crippen LogP contribution in [0.1, 0.15) is 40.0 Å². The lowest BCUT2D eigenvalue weighted by atomic mass is 9.83. The Morgan fingerprint density at radius 3 is 1.35 bits per heavy atom. The molecule has 0 aliphatic heterocycles. The summed E-state index contributed by atoms with van der Waals surface area (Å²) in [5, 5.41) is 0. The van der Waals surface area contributed by atoms with E-state index in [1.807, 2.05) is 0 Å². The van der Waals surface area contributed by atoms with E-state index in [-0.39, 0.29) is 10.8 Å². The molecular formula is C13H31N3O. The highest BCUT2D eigenvalue weighted by atomic mass is 16.5. The predicted molar refractivity (Wildman–Crippen MR) is 73.7 cm³/mol. The van der Waals surface area contributed by atoms with Crippen LogP contribution in [0.3, 0.4) is 0 Å². The lowest BCUT2D eigenvalue weighted by molar-refractivity contribution is -0.00492. The average molecular weight is 245 g/mol. The van der Waals surface area contributed by atoms with Gasteiger partial charge in [0.25, 0.3) is 0 Å². The second-order valence-electron chi connectivity index (χ2n) is 5.17. The summed E-state index contributed by atoms with van der Waals surface area (Å²) in [6.45, 7) is 9.61. The third-order valence-corrected chi connectivity index (χ3v) is 4.37. The van der Waals surface area contributed by atoms with Gasteiger partial charge in [-0.25, -0.2) is 0 Å². The first-order valence-electron chi connectivity index (χ1n) is 6.75. The number of rotatable bonds is 10. The largest absolute Gasteiger partial charge is 0.380 e. The minimum atomic E-state index is -0.0676. The molecule has 0 aromatic heterocycles. The summed E-state index contributed by atoms with van der Waals surface area (Å²) < 4.78 is 5.87. The van der Waals surface area contributed by atoms with E-state index in [1.54, 1.807) is 0 Å². The fraction of sp³-hybridized carbons (Fsp3) is 1.00. The van der Waals surface area contributed by atoms with Crippen molar-refractivity contribution in [3.8, 4) is 0 Å². The SMILES string of the molecule is CCC(CC)(CN)COCC(CC)(CN)CN. The molecule has 6 N–H and O–H groups in total. The predicted octanol–water partition coefficient (Wildman–Crippen LogP) is 1.08. The van der Waals surface area contributed by atoms with Gasteiger partial charge in [0.1, 0.15) is 0 Å². The van der Waals surface area contributed by atoms with Crippen LogP contribution in [0.25, 0.3) is 0 Å². The molecule has 0 unspecified atom stereocenters. The Kier molecular flexibility index (Phi) is 7.96. The Morgan fingerprint density at radius 2 is 1.06 bits per heavy atom. The number of ether oxygens (including phenoxy) is 1. The maximum atomic E-state index is 5.87. The summed E-state index contributed by atoms with van der Waals surface area (Å²) in [5.41, 5.74) is 17.5. The molecule has 104 valence electrons. The van der Waals surface area contributed by atoms with Crippen molar-refractivity contribution in [1.82, 2.24) is 0 Å². The number of nitrogens with two attached hydrogens (primary N) is 3. The van der Waals surface area contributed by atoms with Crippen molar-refractivity contribution in [2.75, 3.05) is 32.8 Å². The van der Waals surface area contributed by atoms with Crippen LogP contribution < -0.4 is 17.2 Å². The van der Waals surface area contributed by atoms with Gasteiger partial charge in [-0.05, 0) is 19.3 Å². The molecule has 0 saturated carbocycles. The molecule has 17 heavy (non-hydrogen) atoms. The molecule has 0 aromatic carbocycles. The number of hydrogen-bond donors (Lipinski definition) is 3. The van der Waals surface area contributed by atoms with Gasteiger partial charge in [-0.15, -0.1) is 0 Å². The zero-order valence-corrected chi connectivity index (χ0v) is 11.8. The summed E-state index contributed by atoms with van der Waals surface area (Å²) in [5.74, 6) is 0. The van der Waals surface area contributed by atoms with Gasteiger partial charge in [-0.1, -0.05) is 20.8 Å². The molecule has 0 fully saturated rings. The van der Waals surface area contributed by atoms with Crippen molar-refractivity contribution in [3.63, 3.8) is 0 Å². The molecule has 4 nitrogen and oxygen atoms in total. The van der Waals surface area contributed by atoms with Crippen molar-refractivity contribution < 1.29 is 4.74 Å². The molecule has 0 spiro atoms. The molecule has 4 heteroatoms. The smallest absolute Gasteiger partial charge is 0.0546 e. The van der Waals surface area contributed by atoms with Gasteiger partial charge in [-0.3, -0.25) is 0 Å².